The van der Waals surface area contributed by atoms with Gasteiger partial charge in [-0.05, 0) is 5.17 Å². The normalized spacial score (nSPS) is 8.00. The van der Waals surface area contributed by atoms with Crippen LogP contribution in [0.25, 0.3) is 0 Å². The molecule has 0 aromatic carbocycles. The van der Waals surface area contributed by atoms with Crippen LogP contribution in [-0.4, -0.2) is 26.5 Å². The minimum Gasteiger partial charge on any atom is -0.363 e. The molecular weight excluding hydrogens is 156 g/mol. The van der Waals surface area contributed by atoms with Crippen LogP contribution >= 0.6 is 0 Å². The van der Waals surface area contributed by atoms with E-state index >= 15 is 0 Å². The molecule has 0 atom stereocenters. The van der Waals surface area contributed by atoms with Gasteiger partial charge in [-0.2, -0.15) is 5.26 Å². The van der Waals surface area contributed by atoms with Crippen molar-refractivity contribution >= 4 is 5.96 Å². The lowest BCUT2D eigenvalue weighted by molar-refractivity contribution is -0.688. The summed E-state index contributed by atoms with van der Waals surface area (Å²) in [5.74, 6) is -1.07. The van der Waals surface area contributed by atoms with Gasteiger partial charge in [0.25, 0.3) is 5.96 Å². The highest BCUT2D eigenvalue weighted by Crippen LogP contribution is 1.89. The SMILES string of the molecule is N#CN(O)N(C(=N)N)[N+](=O)[O-]. The predicted molar refractivity (Wildman–Crippen MR) is 30.0 cm³/mol. The number of nitro groups is 1. The van der Waals surface area contributed by atoms with Crippen molar-refractivity contribution in [2.45, 2.75) is 0 Å². The second kappa shape index (κ2) is 3.18. The van der Waals surface area contributed by atoms with E-state index in [9.17, 15) is 10.1 Å². The van der Waals surface area contributed by atoms with E-state index in [4.69, 9.17) is 15.9 Å². The van der Waals surface area contributed by atoms with Crippen LogP contribution in [0.1, 0.15) is 0 Å². The molecule has 0 aliphatic rings. The molecule has 0 aromatic heterocycles. The summed E-state index contributed by atoms with van der Waals surface area (Å²) in [5.41, 5.74) is 4.63. The van der Waals surface area contributed by atoms with Crippen molar-refractivity contribution in [3.63, 3.8) is 0 Å². The summed E-state index contributed by atoms with van der Waals surface area (Å²) in [6, 6.07) is 0. The first kappa shape index (κ1) is 8.92. The molecular formula is C2H4N6O3. The second-order valence-corrected chi connectivity index (χ2v) is 1.30. The van der Waals surface area contributed by atoms with E-state index in [0.29, 0.717) is 0 Å². The molecule has 0 radical (unpaired) electrons. The van der Waals surface area contributed by atoms with Crippen LogP contribution in [-0.2, 0) is 0 Å². The van der Waals surface area contributed by atoms with Crippen molar-refractivity contribution in [3.8, 4) is 6.19 Å². The number of nitrogens with zero attached hydrogens (tertiary/aromatic N) is 4. The quantitative estimate of drug-likeness (QED) is 0.111. The maximum Gasteiger partial charge on any atom is 0.281 e. The zero-order valence-corrected chi connectivity index (χ0v) is 5.13. The molecule has 60 valence electrons. The van der Waals surface area contributed by atoms with E-state index in [1.54, 1.807) is 0 Å². The van der Waals surface area contributed by atoms with Crippen LogP contribution in [0.4, 0.5) is 0 Å². The number of guanidine groups is 1. The fourth-order valence-corrected chi connectivity index (χ4v) is 0.302. The van der Waals surface area contributed by atoms with Gasteiger partial charge in [-0.25, -0.2) is 10.1 Å². The predicted octanol–water partition coefficient (Wildman–Crippen LogP) is -1.54. The van der Waals surface area contributed by atoms with Crippen molar-refractivity contribution in [3.05, 3.63) is 10.1 Å². The Morgan fingerprint density at radius 3 is 2.45 bits per heavy atom. The summed E-state index contributed by atoms with van der Waals surface area (Å²) in [6.45, 7) is 0. The van der Waals surface area contributed by atoms with Gasteiger partial charge in [0.15, 0.2) is 5.03 Å². The van der Waals surface area contributed by atoms with Crippen LogP contribution in [0.3, 0.4) is 0 Å². The smallest absolute Gasteiger partial charge is 0.281 e. The van der Waals surface area contributed by atoms with Crippen molar-refractivity contribution in [2.75, 3.05) is 0 Å². The zero-order chi connectivity index (χ0) is 9.02. The zero-order valence-electron chi connectivity index (χ0n) is 5.13. The summed E-state index contributed by atoms with van der Waals surface area (Å²) >= 11 is 0. The van der Waals surface area contributed by atoms with E-state index in [-0.39, 0.29) is 5.12 Å². The molecule has 0 aromatic rings. The fraction of sp³-hybridized carbons (Fsp3) is 0. The average Bonchev–Trinajstić information content (AvgIpc) is 1.85. The highest BCUT2D eigenvalue weighted by atomic mass is 16.7. The maximum absolute atomic E-state index is 9.90. The van der Waals surface area contributed by atoms with Crippen molar-refractivity contribution in [2.24, 2.45) is 5.73 Å². The molecule has 0 aliphatic heterocycles. The topological polar surface area (TPSA) is 144 Å². The Hall–Kier alpha value is -2.08. The van der Waals surface area contributed by atoms with Crippen molar-refractivity contribution in [1.29, 1.82) is 10.7 Å². The molecule has 0 amide bonds. The minimum atomic E-state index is -1.22. The third-order valence-electron chi connectivity index (χ3n) is 0.639. The number of nitrogens with two attached hydrogens (primary N) is 1. The van der Waals surface area contributed by atoms with Crippen molar-refractivity contribution < 1.29 is 10.2 Å². The lowest BCUT2D eigenvalue weighted by Gasteiger charge is -2.12. The van der Waals surface area contributed by atoms with Crippen LogP contribution in [0.5, 0.6) is 0 Å². The molecule has 4 N–H and O–H groups in total. The number of rotatable bonds is 2. The monoisotopic (exact) mass is 160 g/mol. The van der Waals surface area contributed by atoms with Gasteiger partial charge in [0, 0.05) is 0 Å². The van der Waals surface area contributed by atoms with Gasteiger partial charge in [0.2, 0.25) is 6.19 Å². The molecule has 0 heterocycles. The Kier molecular flexibility index (Phi) is 2.58. The Morgan fingerprint density at radius 1 is 1.91 bits per heavy atom. The average molecular weight is 160 g/mol. The molecule has 0 rings (SSSR count). The molecule has 9 heteroatoms. The molecule has 0 fully saturated rings. The van der Waals surface area contributed by atoms with Gasteiger partial charge in [-0.15, -0.1) is 0 Å². The Morgan fingerprint density at radius 2 is 2.36 bits per heavy atom. The Labute approximate surface area is 60.4 Å². The van der Waals surface area contributed by atoms with E-state index in [1.165, 1.54) is 0 Å². The van der Waals surface area contributed by atoms with Crippen LogP contribution in [0, 0.1) is 27.0 Å². The summed E-state index contributed by atoms with van der Waals surface area (Å²) in [6.07, 6.45) is 0.980. The lowest BCUT2D eigenvalue weighted by Crippen LogP contribution is -2.49. The lowest BCUT2D eigenvalue weighted by atomic mass is 11.0. The first-order valence-electron chi connectivity index (χ1n) is 2.17. The molecule has 11 heavy (non-hydrogen) atoms. The van der Waals surface area contributed by atoms with Crippen LogP contribution in [0.2, 0.25) is 0 Å². The van der Waals surface area contributed by atoms with Gasteiger partial charge in [0.05, 0.1) is 5.12 Å². The van der Waals surface area contributed by atoms with E-state index in [2.05, 4.69) is 5.73 Å². The first-order valence-corrected chi connectivity index (χ1v) is 2.17. The summed E-state index contributed by atoms with van der Waals surface area (Å²) < 4.78 is 0. The molecule has 0 bridgehead atoms. The van der Waals surface area contributed by atoms with E-state index < -0.39 is 16.2 Å². The number of hydrogen-bond acceptors (Lipinski definition) is 6. The van der Waals surface area contributed by atoms with Crippen molar-refractivity contribution in [1.82, 2.24) is 10.3 Å². The highest BCUT2D eigenvalue weighted by Gasteiger charge is 2.25. The fourth-order valence-electron chi connectivity index (χ4n) is 0.302. The first-order chi connectivity index (χ1) is 5.00. The van der Waals surface area contributed by atoms with Gasteiger partial charge in [-0.3, -0.25) is 10.6 Å². The van der Waals surface area contributed by atoms with Gasteiger partial charge in [0.1, 0.15) is 0 Å². The minimum absolute atomic E-state index is 0.333. The van der Waals surface area contributed by atoms with Crippen LogP contribution < -0.4 is 5.73 Å². The number of hydrazine groups is 2. The maximum atomic E-state index is 9.90. The van der Waals surface area contributed by atoms with Crippen LogP contribution in [0.15, 0.2) is 0 Å². The third-order valence-corrected chi connectivity index (χ3v) is 0.639. The number of hydrogen-bond donors (Lipinski definition) is 3. The molecule has 0 saturated heterocycles. The summed E-state index contributed by atoms with van der Waals surface area (Å²) in [7, 11) is 0. The Balaban J connectivity index is 4.50. The van der Waals surface area contributed by atoms with Gasteiger partial charge >= 0.3 is 0 Å². The van der Waals surface area contributed by atoms with E-state index in [1.807, 2.05) is 0 Å². The summed E-state index contributed by atoms with van der Waals surface area (Å²) in [4.78, 5) is 9.90. The molecule has 0 spiro atoms. The highest BCUT2D eigenvalue weighted by molar-refractivity contribution is 5.72. The molecule has 0 aliphatic carbocycles. The molecule has 0 saturated carbocycles. The number of nitrogens with one attached hydrogen (secondary N) is 1. The third kappa shape index (κ3) is 1.95. The van der Waals surface area contributed by atoms with Gasteiger partial charge in [-0.1, -0.05) is 0 Å². The number of hydroxylamine groups is 1. The van der Waals surface area contributed by atoms with Gasteiger partial charge < -0.3 is 5.73 Å². The molecule has 9 nitrogen and oxygen atoms in total. The second-order valence-electron chi connectivity index (χ2n) is 1.30. The Bertz CT molecular complexity index is 204. The largest absolute Gasteiger partial charge is 0.363 e. The standard InChI is InChI=1S/C2H4N6O3/c3-1-6(9)7(2(4)5)8(10)11/h9H,(H3,4,5). The van der Waals surface area contributed by atoms with E-state index in [0.717, 1.165) is 6.19 Å². The summed E-state index contributed by atoms with van der Waals surface area (Å²) in [5, 5.41) is 30.7. The molecule has 0 unspecified atom stereocenters. The number of nitriles is 1.